The van der Waals surface area contributed by atoms with Crippen LogP contribution in [0.25, 0.3) is 0 Å². The number of hydrogen-bond acceptors (Lipinski definition) is 6. The molecule has 0 amide bonds. The SMILES string of the molecule is CCOC(=O)c1c(CC(=O)C2CC23CC3)sc2c1C[C@@H](CC(=O)OC(C)(C)C)CC2. The maximum atomic E-state index is 12.8. The Hall–Kier alpha value is -1.69. The fourth-order valence-corrected chi connectivity index (χ4v) is 6.22. The molecule has 0 aliphatic heterocycles. The Balaban J connectivity index is 1.51. The van der Waals surface area contributed by atoms with Crippen molar-refractivity contribution in [2.45, 2.75) is 84.7 Å². The summed E-state index contributed by atoms with van der Waals surface area (Å²) < 4.78 is 10.8. The number of rotatable bonds is 7. The standard InChI is InChI=1S/C24H32O5S/c1-5-28-22(27)21-15-10-14(11-20(26)29-23(2,3)4)6-7-18(15)30-19(21)12-17(25)16-13-24(16)8-9-24/h14,16H,5-13H2,1-4H3/t14-,16?/m0/s1. The van der Waals surface area contributed by atoms with E-state index >= 15 is 0 Å². The molecule has 2 atom stereocenters. The highest BCUT2D eigenvalue weighted by Gasteiger charge is 2.65. The van der Waals surface area contributed by atoms with Gasteiger partial charge in [-0.1, -0.05) is 0 Å². The molecule has 5 nitrogen and oxygen atoms in total. The molecule has 2 saturated carbocycles. The first-order valence-corrected chi connectivity index (χ1v) is 12.0. The number of thiophene rings is 1. The molecule has 30 heavy (non-hydrogen) atoms. The van der Waals surface area contributed by atoms with Crippen LogP contribution in [-0.2, 0) is 38.3 Å². The van der Waals surface area contributed by atoms with E-state index in [1.54, 1.807) is 18.3 Å². The Bertz CT molecular complexity index is 871. The zero-order valence-corrected chi connectivity index (χ0v) is 19.3. The van der Waals surface area contributed by atoms with E-state index in [1.807, 2.05) is 20.8 Å². The number of aryl methyl sites for hydroxylation is 1. The van der Waals surface area contributed by atoms with Crippen LogP contribution < -0.4 is 0 Å². The summed E-state index contributed by atoms with van der Waals surface area (Å²) >= 11 is 1.60. The van der Waals surface area contributed by atoms with Crippen molar-refractivity contribution in [1.82, 2.24) is 0 Å². The number of ether oxygens (including phenoxy) is 2. The van der Waals surface area contributed by atoms with Crippen LogP contribution in [0.1, 0.15) is 85.5 Å². The van der Waals surface area contributed by atoms with Crippen molar-refractivity contribution in [3.63, 3.8) is 0 Å². The summed E-state index contributed by atoms with van der Waals surface area (Å²) in [6, 6.07) is 0. The molecule has 164 valence electrons. The van der Waals surface area contributed by atoms with Crippen molar-refractivity contribution in [2.75, 3.05) is 6.61 Å². The average molecular weight is 433 g/mol. The van der Waals surface area contributed by atoms with E-state index in [-0.39, 0.29) is 29.6 Å². The number of Topliss-reactive ketones (excluding diaryl/α,β-unsaturated/α-hetero) is 1. The van der Waals surface area contributed by atoms with E-state index in [4.69, 9.17) is 9.47 Å². The van der Waals surface area contributed by atoms with E-state index in [1.165, 1.54) is 17.7 Å². The van der Waals surface area contributed by atoms with E-state index in [2.05, 4.69) is 0 Å². The first-order chi connectivity index (χ1) is 14.1. The summed E-state index contributed by atoms with van der Waals surface area (Å²) in [5.74, 6) is 0.112. The van der Waals surface area contributed by atoms with Gasteiger partial charge in [0, 0.05) is 28.5 Å². The second-order valence-corrected chi connectivity index (χ2v) is 11.4. The molecule has 0 bridgehead atoms. The van der Waals surface area contributed by atoms with Gasteiger partial charge in [0.2, 0.25) is 0 Å². The molecule has 2 fully saturated rings. The number of carbonyl (C=O) groups excluding carboxylic acids is 3. The summed E-state index contributed by atoms with van der Waals surface area (Å²) in [5.41, 5.74) is 1.43. The Morgan fingerprint density at radius 2 is 1.93 bits per heavy atom. The van der Waals surface area contributed by atoms with Gasteiger partial charge in [-0.05, 0) is 83.1 Å². The molecule has 1 heterocycles. The van der Waals surface area contributed by atoms with Crippen LogP contribution in [0.4, 0.5) is 0 Å². The predicted molar refractivity (Wildman–Crippen MR) is 115 cm³/mol. The number of carbonyl (C=O) groups is 3. The minimum absolute atomic E-state index is 0.150. The van der Waals surface area contributed by atoms with Gasteiger partial charge in [-0.25, -0.2) is 4.79 Å². The van der Waals surface area contributed by atoms with Gasteiger partial charge in [-0.15, -0.1) is 11.3 Å². The zero-order valence-electron chi connectivity index (χ0n) is 18.5. The monoisotopic (exact) mass is 432 g/mol. The summed E-state index contributed by atoms with van der Waals surface area (Å²) in [5, 5.41) is 0. The molecule has 3 aliphatic carbocycles. The van der Waals surface area contributed by atoms with Gasteiger partial charge in [0.1, 0.15) is 11.4 Å². The van der Waals surface area contributed by atoms with Crippen LogP contribution in [0.3, 0.4) is 0 Å². The van der Waals surface area contributed by atoms with Crippen molar-refractivity contribution in [3.8, 4) is 0 Å². The normalized spacial score (nSPS) is 23.6. The molecule has 0 N–H and O–H groups in total. The molecular weight excluding hydrogens is 400 g/mol. The lowest BCUT2D eigenvalue weighted by Crippen LogP contribution is -2.27. The van der Waals surface area contributed by atoms with Crippen molar-refractivity contribution in [2.24, 2.45) is 17.3 Å². The third-order valence-electron chi connectivity index (χ3n) is 6.60. The highest BCUT2D eigenvalue weighted by Crippen LogP contribution is 2.71. The fraction of sp³-hybridized carbons (Fsp3) is 0.708. The zero-order chi connectivity index (χ0) is 21.7. The third-order valence-corrected chi connectivity index (χ3v) is 7.89. The Labute approximate surface area is 182 Å². The lowest BCUT2D eigenvalue weighted by molar-refractivity contribution is -0.156. The molecule has 1 unspecified atom stereocenters. The van der Waals surface area contributed by atoms with Crippen molar-refractivity contribution in [3.05, 3.63) is 20.9 Å². The first kappa shape index (κ1) is 21.5. The summed E-state index contributed by atoms with van der Waals surface area (Å²) in [6.45, 7) is 7.72. The number of esters is 2. The third kappa shape index (κ3) is 4.48. The Kier molecular flexibility index (Phi) is 5.58. The minimum Gasteiger partial charge on any atom is -0.462 e. The van der Waals surface area contributed by atoms with Crippen molar-refractivity contribution in [1.29, 1.82) is 0 Å². The van der Waals surface area contributed by atoms with Crippen LogP contribution in [-0.4, -0.2) is 29.9 Å². The minimum atomic E-state index is -0.495. The van der Waals surface area contributed by atoms with Gasteiger partial charge in [-0.3, -0.25) is 9.59 Å². The van der Waals surface area contributed by atoms with Crippen LogP contribution in [0.5, 0.6) is 0 Å². The van der Waals surface area contributed by atoms with Crippen LogP contribution in [0.15, 0.2) is 0 Å². The van der Waals surface area contributed by atoms with Gasteiger partial charge in [0.15, 0.2) is 0 Å². The maximum absolute atomic E-state index is 12.8. The molecule has 0 saturated heterocycles. The molecule has 6 heteroatoms. The molecule has 3 aliphatic rings. The average Bonchev–Trinajstić information content (AvgIpc) is 3.53. The smallest absolute Gasteiger partial charge is 0.339 e. The molecule has 1 aromatic heterocycles. The number of ketones is 1. The second kappa shape index (κ2) is 7.77. The van der Waals surface area contributed by atoms with E-state index in [0.717, 1.165) is 29.7 Å². The second-order valence-electron chi connectivity index (χ2n) is 10.2. The van der Waals surface area contributed by atoms with Crippen LogP contribution >= 0.6 is 11.3 Å². The highest BCUT2D eigenvalue weighted by atomic mass is 32.1. The maximum Gasteiger partial charge on any atom is 0.339 e. The Morgan fingerprint density at radius 1 is 1.20 bits per heavy atom. The molecule has 1 aromatic rings. The van der Waals surface area contributed by atoms with E-state index in [0.29, 0.717) is 36.8 Å². The summed E-state index contributed by atoms with van der Waals surface area (Å²) in [4.78, 5) is 40.0. The molecule has 0 aromatic carbocycles. The van der Waals surface area contributed by atoms with E-state index in [9.17, 15) is 14.4 Å². The van der Waals surface area contributed by atoms with Gasteiger partial charge >= 0.3 is 11.9 Å². The largest absolute Gasteiger partial charge is 0.462 e. The van der Waals surface area contributed by atoms with Gasteiger partial charge in [-0.2, -0.15) is 0 Å². The predicted octanol–water partition coefficient (Wildman–Crippen LogP) is 4.67. The quantitative estimate of drug-likeness (QED) is 0.586. The highest BCUT2D eigenvalue weighted by molar-refractivity contribution is 7.12. The molecular formula is C24H32O5S. The van der Waals surface area contributed by atoms with Gasteiger partial charge < -0.3 is 9.47 Å². The van der Waals surface area contributed by atoms with E-state index < -0.39 is 5.60 Å². The lowest BCUT2D eigenvalue weighted by Gasteiger charge is -2.25. The lowest BCUT2D eigenvalue weighted by atomic mass is 9.84. The van der Waals surface area contributed by atoms with Gasteiger partial charge in [0.25, 0.3) is 0 Å². The fourth-order valence-electron chi connectivity index (χ4n) is 4.87. The van der Waals surface area contributed by atoms with Crippen LogP contribution in [0, 0.1) is 17.3 Å². The summed E-state index contributed by atoms with van der Waals surface area (Å²) in [6.07, 6.45) is 6.49. The topological polar surface area (TPSA) is 69.7 Å². The number of fused-ring (bicyclic) bond motifs is 1. The first-order valence-electron chi connectivity index (χ1n) is 11.2. The van der Waals surface area contributed by atoms with Crippen LogP contribution in [0.2, 0.25) is 0 Å². The van der Waals surface area contributed by atoms with Gasteiger partial charge in [0.05, 0.1) is 12.2 Å². The summed E-state index contributed by atoms with van der Waals surface area (Å²) in [7, 11) is 0. The van der Waals surface area contributed by atoms with Crippen molar-refractivity contribution >= 4 is 29.1 Å². The Morgan fingerprint density at radius 3 is 2.53 bits per heavy atom. The molecule has 1 spiro atoms. The molecule has 4 rings (SSSR count). The molecule has 0 radical (unpaired) electrons. The van der Waals surface area contributed by atoms with Crippen molar-refractivity contribution < 1.29 is 23.9 Å². The number of hydrogen-bond donors (Lipinski definition) is 0.